The number of anilines is 1. The molecule has 0 N–H and O–H groups in total. The molecule has 26 heavy (non-hydrogen) atoms. The SMILES string of the molecule is O=C(C1CCCN1C(=O)C(F)(F)F)N1CCCc2ccc([N+](=O)[O-])cc21. The second kappa shape index (κ2) is 6.58. The van der Waals surface area contributed by atoms with Gasteiger partial charge in [0.05, 0.1) is 10.6 Å². The Morgan fingerprint density at radius 1 is 1.19 bits per heavy atom. The largest absolute Gasteiger partial charge is 0.471 e. The van der Waals surface area contributed by atoms with Gasteiger partial charge in [-0.1, -0.05) is 6.07 Å². The average Bonchev–Trinajstić information content (AvgIpc) is 3.08. The summed E-state index contributed by atoms with van der Waals surface area (Å²) in [5, 5.41) is 11.0. The predicted octanol–water partition coefficient (Wildman–Crippen LogP) is 2.43. The fourth-order valence-corrected chi connectivity index (χ4v) is 3.51. The first-order valence-electron chi connectivity index (χ1n) is 8.16. The van der Waals surface area contributed by atoms with E-state index in [2.05, 4.69) is 0 Å². The lowest BCUT2D eigenvalue weighted by molar-refractivity contribution is -0.384. The summed E-state index contributed by atoms with van der Waals surface area (Å²) in [7, 11) is 0. The van der Waals surface area contributed by atoms with Crippen LogP contribution in [0.2, 0.25) is 0 Å². The van der Waals surface area contributed by atoms with Crippen LogP contribution in [0.1, 0.15) is 24.8 Å². The van der Waals surface area contributed by atoms with Gasteiger partial charge >= 0.3 is 12.1 Å². The van der Waals surface area contributed by atoms with E-state index in [4.69, 9.17) is 0 Å². The van der Waals surface area contributed by atoms with Crippen molar-refractivity contribution in [1.82, 2.24) is 4.90 Å². The van der Waals surface area contributed by atoms with Gasteiger partial charge in [-0.05, 0) is 31.2 Å². The average molecular weight is 371 g/mol. The van der Waals surface area contributed by atoms with Gasteiger partial charge in [0.15, 0.2) is 0 Å². The Labute approximate surface area is 146 Å². The van der Waals surface area contributed by atoms with E-state index in [0.29, 0.717) is 29.8 Å². The molecule has 2 amide bonds. The summed E-state index contributed by atoms with van der Waals surface area (Å²) in [5.74, 6) is -2.65. The molecular weight excluding hydrogens is 355 g/mol. The Morgan fingerprint density at radius 3 is 2.58 bits per heavy atom. The molecule has 2 aliphatic heterocycles. The molecule has 1 unspecified atom stereocenters. The van der Waals surface area contributed by atoms with Gasteiger partial charge in [0.2, 0.25) is 5.91 Å². The summed E-state index contributed by atoms with van der Waals surface area (Å²) in [6.07, 6.45) is -3.39. The minimum atomic E-state index is -5.04. The van der Waals surface area contributed by atoms with E-state index < -0.39 is 29.0 Å². The quantitative estimate of drug-likeness (QED) is 0.590. The van der Waals surface area contributed by atoms with Gasteiger partial charge in [0.25, 0.3) is 5.69 Å². The zero-order chi connectivity index (χ0) is 19.1. The number of rotatable bonds is 2. The van der Waals surface area contributed by atoms with Crippen LogP contribution < -0.4 is 4.90 Å². The lowest BCUT2D eigenvalue weighted by atomic mass is 10.00. The highest BCUT2D eigenvalue weighted by Gasteiger charge is 2.48. The number of carbonyl (C=O) groups is 2. The van der Waals surface area contributed by atoms with E-state index in [1.165, 1.54) is 17.0 Å². The van der Waals surface area contributed by atoms with E-state index in [0.717, 1.165) is 5.56 Å². The van der Waals surface area contributed by atoms with Crippen molar-refractivity contribution in [2.24, 2.45) is 0 Å². The maximum absolute atomic E-state index is 12.9. The van der Waals surface area contributed by atoms with Crippen molar-refractivity contribution in [3.05, 3.63) is 33.9 Å². The number of amides is 2. The van der Waals surface area contributed by atoms with E-state index >= 15 is 0 Å². The number of benzene rings is 1. The van der Waals surface area contributed by atoms with Crippen LogP contribution in [0.5, 0.6) is 0 Å². The number of hydrogen-bond acceptors (Lipinski definition) is 4. The van der Waals surface area contributed by atoms with Crippen LogP contribution in [-0.4, -0.2) is 46.9 Å². The number of non-ortho nitro benzene ring substituents is 1. The van der Waals surface area contributed by atoms with E-state index in [-0.39, 0.29) is 25.2 Å². The second-order valence-corrected chi connectivity index (χ2v) is 6.32. The molecule has 10 heteroatoms. The van der Waals surface area contributed by atoms with E-state index in [9.17, 15) is 32.9 Å². The fourth-order valence-electron chi connectivity index (χ4n) is 3.51. The highest BCUT2D eigenvalue weighted by atomic mass is 19.4. The van der Waals surface area contributed by atoms with Gasteiger partial charge in [-0.3, -0.25) is 19.7 Å². The molecule has 0 radical (unpaired) electrons. The van der Waals surface area contributed by atoms with Gasteiger partial charge in [0.1, 0.15) is 6.04 Å². The number of nitro groups is 1. The first-order chi connectivity index (χ1) is 12.2. The zero-order valence-corrected chi connectivity index (χ0v) is 13.7. The lowest BCUT2D eigenvalue weighted by Gasteiger charge is -2.34. The molecule has 7 nitrogen and oxygen atoms in total. The molecule has 1 aromatic rings. The van der Waals surface area contributed by atoms with Gasteiger partial charge in [-0.2, -0.15) is 13.2 Å². The fraction of sp³-hybridized carbons (Fsp3) is 0.500. The van der Waals surface area contributed by atoms with Gasteiger partial charge in [0, 0.05) is 25.2 Å². The Kier molecular flexibility index (Phi) is 4.59. The van der Waals surface area contributed by atoms with Crippen LogP contribution in [0.15, 0.2) is 18.2 Å². The monoisotopic (exact) mass is 371 g/mol. The third kappa shape index (κ3) is 3.23. The number of likely N-dealkylation sites (tertiary alicyclic amines) is 1. The number of nitro benzene ring substituents is 1. The minimum Gasteiger partial charge on any atom is -0.323 e. The van der Waals surface area contributed by atoms with Crippen molar-refractivity contribution in [2.45, 2.75) is 37.9 Å². The molecule has 1 fully saturated rings. The molecule has 0 spiro atoms. The summed E-state index contributed by atoms with van der Waals surface area (Å²) in [6.45, 7) is 0.113. The van der Waals surface area contributed by atoms with Crippen LogP contribution in [0, 0.1) is 10.1 Å². The van der Waals surface area contributed by atoms with Gasteiger partial charge in [-0.15, -0.1) is 0 Å². The van der Waals surface area contributed by atoms with Gasteiger partial charge in [-0.25, -0.2) is 0 Å². The predicted molar refractivity (Wildman–Crippen MR) is 84.6 cm³/mol. The molecule has 0 aliphatic carbocycles. The van der Waals surface area contributed by atoms with Crippen LogP contribution in [0.4, 0.5) is 24.5 Å². The zero-order valence-electron chi connectivity index (χ0n) is 13.7. The summed E-state index contributed by atoms with van der Waals surface area (Å²) in [5.41, 5.74) is 0.863. The number of aryl methyl sites for hydroxylation is 1. The maximum atomic E-state index is 12.9. The van der Waals surface area contributed by atoms with Crippen molar-refractivity contribution in [3.8, 4) is 0 Å². The molecule has 1 aromatic carbocycles. The van der Waals surface area contributed by atoms with Crippen LogP contribution in [0.25, 0.3) is 0 Å². The van der Waals surface area contributed by atoms with Crippen molar-refractivity contribution < 1.29 is 27.7 Å². The number of nitrogens with zero attached hydrogens (tertiary/aromatic N) is 3. The third-order valence-corrected chi connectivity index (χ3v) is 4.71. The van der Waals surface area contributed by atoms with Gasteiger partial charge < -0.3 is 9.80 Å². The third-order valence-electron chi connectivity index (χ3n) is 4.71. The molecule has 3 rings (SSSR count). The molecule has 0 saturated carbocycles. The number of carbonyl (C=O) groups excluding carboxylic acids is 2. The van der Waals surface area contributed by atoms with Crippen molar-refractivity contribution in [2.75, 3.05) is 18.0 Å². The van der Waals surface area contributed by atoms with Crippen molar-refractivity contribution in [1.29, 1.82) is 0 Å². The molecular formula is C16H16F3N3O4. The summed E-state index contributed by atoms with van der Waals surface area (Å²) in [6, 6.07) is 2.95. The molecule has 0 aromatic heterocycles. The minimum absolute atomic E-state index is 0.135. The number of fused-ring (bicyclic) bond motifs is 1. The Morgan fingerprint density at radius 2 is 1.92 bits per heavy atom. The molecule has 1 atom stereocenters. The van der Waals surface area contributed by atoms with Crippen LogP contribution in [-0.2, 0) is 16.0 Å². The van der Waals surface area contributed by atoms with Crippen LogP contribution in [0.3, 0.4) is 0 Å². The van der Waals surface area contributed by atoms with Crippen LogP contribution >= 0.6 is 0 Å². The topological polar surface area (TPSA) is 83.8 Å². The highest BCUT2D eigenvalue weighted by molar-refractivity contribution is 6.01. The highest BCUT2D eigenvalue weighted by Crippen LogP contribution is 2.34. The summed E-state index contributed by atoms with van der Waals surface area (Å²) < 4.78 is 38.3. The maximum Gasteiger partial charge on any atom is 0.471 e. The number of halogens is 3. The molecule has 0 bridgehead atoms. The Balaban J connectivity index is 1.90. The van der Waals surface area contributed by atoms with E-state index in [1.54, 1.807) is 6.07 Å². The summed E-state index contributed by atoms with van der Waals surface area (Å²) in [4.78, 5) is 36.7. The van der Waals surface area contributed by atoms with Crippen molar-refractivity contribution >= 4 is 23.2 Å². The second-order valence-electron chi connectivity index (χ2n) is 6.32. The first kappa shape index (κ1) is 18.2. The first-order valence-corrected chi connectivity index (χ1v) is 8.16. The molecule has 140 valence electrons. The normalized spacial score (nSPS) is 20.0. The smallest absolute Gasteiger partial charge is 0.323 e. The standard InChI is InChI=1S/C16H16F3N3O4/c17-16(18,19)15(24)21-8-2-4-12(21)14(23)20-7-1-3-10-5-6-11(22(25)26)9-13(10)20/h5-6,9,12H,1-4,7-8H2. The van der Waals surface area contributed by atoms with E-state index in [1.807, 2.05) is 0 Å². The Hall–Kier alpha value is -2.65. The Bertz CT molecular complexity index is 766. The number of hydrogen-bond donors (Lipinski definition) is 0. The number of alkyl halides is 3. The molecule has 1 saturated heterocycles. The molecule has 2 heterocycles. The molecule has 2 aliphatic rings. The van der Waals surface area contributed by atoms with Crippen molar-refractivity contribution in [3.63, 3.8) is 0 Å². The lowest BCUT2D eigenvalue weighted by Crippen LogP contribution is -2.52. The summed E-state index contributed by atoms with van der Waals surface area (Å²) >= 11 is 0.